The first-order chi connectivity index (χ1) is 7.95. The Labute approximate surface area is 109 Å². The van der Waals surface area contributed by atoms with Gasteiger partial charge in [-0.15, -0.1) is 11.3 Å². The van der Waals surface area contributed by atoms with E-state index in [1.165, 1.54) is 4.88 Å². The summed E-state index contributed by atoms with van der Waals surface area (Å²) >= 11 is 1.63. The Bertz CT molecular complexity index is 370. The summed E-state index contributed by atoms with van der Waals surface area (Å²) in [5, 5.41) is 0. The lowest BCUT2D eigenvalue weighted by Gasteiger charge is -2.26. The minimum absolute atomic E-state index is 0.240. The fourth-order valence-corrected chi connectivity index (χ4v) is 2.55. The molecular formula is C14H23NOS. The van der Waals surface area contributed by atoms with E-state index in [1.54, 1.807) is 11.3 Å². The van der Waals surface area contributed by atoms with E-state index in [2.05, 4.69) is 38.7 Å². The third kappa shape index (κ3) is 3.93. The summed E-state index contributed by atoms with van der Waals surface area (Å²) < 4.78 is 0. The molecule has 1 atom stereocenters. The van der Waals surface area contributed by atoms with E-state index in [4.69, 9.17) is 0 Å². The third-order valence-corrected chi connectivity index (χ3v) is 4.61. The average molecular weight is 253 g/mol. The van der Waals surface area contributed by atoms with Crippen LogP contribution in [0.25, 0.3) is 0 Å². The molecule has 1 heterocycles. The van der Waals surface area contributed by atoms with Gasteiger partial charge in [-0.2, -0.15) is 0 Å². The van der Waals surface area contributed by atoms with E-state index in [0.29, 0.717) is 18.5 Å². The van der Waals surface area contributed by atoms with Gasteiger partial charge < -0.3 is 0 Å². The van der Waals surface area contributed by atoms with Crippen molar-refractivity contribution in [3.8, 4) is 0 Å². The first-order valence-electron chi connectivity index (χ1n) is 6.27. The van der Waals surface area contributed by atoms with Crippen molar-refractivity contribution >= 4 is 17.1 Å². The lowest BCUT2D eigenvalue weighted by Crippen LogP contribution is -2.36. The lowest BCUT2D eigenvalue weighted by molar-refractivity contribution is 0.0911. The fourth-order valence-electron chi connectivity index (χ4n) is 1.68. The van der Waals surface area contributed by atoms with Crippen LogP contribution in [0.4, 0.5) is 0 Å². The number of likely N-dealkylation sites (N-methyl/N-ethyl adjacent to an activating group) is 1. The Balaban J connectivity index is 2.60. The highest BCUT2D eigenvalue weighted by Gasteiger charge is 2.17. The van der Waals surface area contributed by atoms with E-state index >= 15 is 0 Å². The predicted molar refractivity (Wildman–Crippen MR) is 75.0 cm³/mol. The van der Waals surface area contributed by atoms with Gasteiger partial charge >= 0.3 is 0 Å². The molecule has 2 nitrogen and oxygen atoms in total. The molecule has 0 bridgehead atoms. The number of thiophene rings is 1. The minimum atomic E-state index is 0.240. The van der Waals surface area contributed by atoms with Crippen LogP contribution in [0.5, 0.6) is 0 Å². The van der Waals surface area contributed by atoms with Gasteiger partial charge in [0.05, 0.1) is 11.4 Å². The van der Waals surface area contributed by atoms with Gasteiger partial charge in [-0.25, -0.2) is 0 Å². The van der Waals surface area contributed by atoms with Crippen LogP contribution in [-0.2, 0) is 6.42 Å². The van der Waals surface area contributed by atoms with E-state index in [1.807, 2.05) is 13.1 Å². The molecule has 0 aliphatic rings. The molecule has 0 aliphatic carbocycles. The van der Waals surface area contributed by atoms with Crippen LogP contribution >= 0.6 is 11.3 Å². The van der Waals surface area contributed by atoms with Crippen molar-refractivity contribution in [2.45, 2.75) is 40.2 Å². The SMILES string of the molecule is CCc1ccc(C(=O)CN(C)C(C)C(C)C)s1. The van der Waals surface area contributed by atoms with E-state index in [9.17, 15) is 4.79 Å². The van der Waals surface area contributed by atoms with Crippen LogP contribution in [-0.4, -0.2) is 30.3 Å². The number of Topliss-reactive ketones (excluding diaryl/α,β-unsaturated/α-hetero) is 1. The fraction of sp³-hybridized carbons (Fsp3) is 0.643. The molecule has 1 aromatic heterocycles. The number of ketones is 1. The molecule has 0 N–H and O–H groups in total. The molecule has 3 heteroatoms. The molecule has 0 amide bonds. The summed E-state index contributed by atoms with van der Waals surface area (Å²) in [5.74, 6) is 0.812. The zero-order valence-corrected chi connectivity index (χ0v) is 12.3. The van der Waals surface area contributed by atoms with Crippen molar-refractivity contribution in [3.63, 3.8) is 0 Å². The molecule has 0 fully saturated rings. The summed E-state index contributed by atoms with van der Waals surface area (Å²) in [6.45, 7) is 9.18. The van der Waals surface area contributed by atoms with E-state index < -0.39 is 0 Å². The molecule has 0 spiro atoms. The monoisotopic (exact) mass is 253 g/mol. The maximum atomic E-state index is 12.1. The number of rotatable bonds is 6. The molecule has 0 aromatic carbocycles. The van der Waals surface area contributed by atoms with Crippen molar-refractivity contribution < 1.29 is 4.79 Å². The van der Waals surface area contributed by atoms with Crippen LogP contribution in [0.15, 0.2) is 12.1 Å². The van der Waals surface area contributed by atoms with Crippen LogP contribution in [0, 0.1) is 5.92 Å². The zero-order valence-electron chi connectivity index (χ0n) is 11.5. The topological polar surface area (TPSA) is 20.3 Å². The van der Waals surface area contributed by atoms with Crippen molar-refractivity contribution in [2.75, 3.05) is 13.6 Å². The zero-order chi connectivity index (χ0) is 13.0. The second-order valence-electron chi connectivity index (χ2n) is 4.94. The van der Waals surface area contributed by atoms with Crippen LogP contribution < -0.4 is 0 Å². The minimum Gasteiger partial charge on any atom is -0.296 e. The standard InChI is InChI=1S/C14H23NOS/c1-6-12-7-8-14(17-12)13(16)9-15(5)11(4)10(2)3/h7-8,10-11H,6,9H2,1-5H3. The Hall–Kier alpha value is -0.670. The Morgan fingerprint density at radius 1 is 1.35 bits per heavy atom. The molecule has 0 saturated carbocycles. The van der Waals surface area contributed by atoms with Gasteiger partial charge in [-0.3, -0.25) is 9.69 Å². The smallest absolute Gasteiger partial charge is 0.186 e. The Kier molecular flexibility index (Phi) is 5.34. The second-order valence-corrected chi connectivity index (χ2v) is 6.11. The normalized spacial score (nSPS) is 13.4. The molecular weight excluding hydrogens is 230 g/mol. The van der Waals surface area contributed by atoms with Gasteiger partial charge in [-0.05, 0) is 38.4 Å². The maximum absolute atomic E-state index is 12.1. The van der Waals surface area contributed by atoms with E-state index in [-0.39, 0.29) is 5.78 Å². The molecule has 0 radical (unpaired) electrons. The summed E-state index contributed by atoms with van der Waals surface area (Å²) in [6.07, 6.45) is 1.01. The predicted octanol–water partition coefficient (Wildman–Crippen LogP) is 3.47. The molecule has 1 rings (SSSR count). The van der Waals surface area contributed by atoms with Gasteiger partial charge in [0.15, 0.2) is 5.78 Å². The van der Waals surface area contributed by atoms with Gasteiger partial charge in [0.2, 0.25) is 0 Å². The third-order valence-electron chi connectivity index (χ3n) is 3.34. The maximum Gasteiger partial charge on any atom is 0.186 e. The van der Waals surface area contributed by atoms with Gasteiger partial charge in [0.25, 0.3) is 0 Å². The quantitative estimate of drug-likeness (QED) is 0.724. The molecule has 1 aromatic rings. The van der Waals surface area contributed by atoms with Crippen molar-refractivity contribution in [2.24, 2.45) is 5.92 Å². The number of carbonyl (C=O) groups excluding carboxylic acids is 1. The number of aryl methyl sites for hydroxylation is 1. The number of carbonyl (C=O) groups is 1. The van der Waals surface area contributed by atoms with Crippen LogP contribution in [0.2, 0.25) is 0 Å². The van der Waals surface area contributed by atoms with Gasteiger partial charge in [0.1, 0.15) is 0 Å². The van der Waals surface area contributed by atoms with Crippen molar-refractivity contribution in [3.05, 3.63) is 21.9 Å². The summed E-state index contributed by atoms with van der Waals surface area (Å²) in [6, 6.07) is 4.45. The number of hydrogen-bond acceptors (Lipinski definition) is 3. The van der Waals surface area contributed by atoms with Crippen molar-refractivity contribution in [1.82, 2.24) is 4.90 Å². The molecule has 0 aliphatic heterocycles. The number of hydrogen-bond donors (Lipinski definition) is 0. The van der Waals surface area contributed by atoms with Crippen molar-refractivity contribution in [1.29, 1.82) is 0 Å². The van der Waals surface area contributed by atoms with Crippen LogP contribution in [0.1, 0.15) is 42.2 Å². The summed E-state index contributed by atoms with van der Waals surface area (Å²) in [5.41, 5.74) is 0. The highest BCUT2D eigenvalue weighted by atomic mass is 32.1. The first kappa shape index (κ1) is 14.4. The van der Waals surface area contributed by atoms with Gasteiger partial charge in [-0.1, -0.05) is 20.8 Å². The first-order valence-corrected chi connectivity index (χ1v) is 7.09. The summed E-state index contributed by atoms with van der Waals surface area (Å²) in [4.78, 5) is 16.4. The second kappa shape index (κ2) is 6.31. The molecule has 96 valence electrons. The largest absolute Gasteiger partial charge is 0.296 e. The molecule has 17 heavy (non-hydrogen) atoms. The van der Waals surface area contributed by atoms with Crippen LogP contribution in [0.3, 0.4) is 0 Å². The average Bonchev–Trinajstić information content (AvgIpc) is 2.76. The van der Waals surface area contributed by atoms with Gasteiger partial charge in [0, 0.05) is 10.9 Å². The Morgan fingerprint density at radius 3 is 2.47 bits per heavy atom. The highest BCUT2D eigenvalue weighted by Crippen LogP contribution is 2.18. The number of nitrogens with zero attached hydrogens (tertiary/aromatic N) is 1. The summed E-state index contributed by atoms with van der Waals surface area (Å²) in [7, 11) is 2.02. The highest BCUT2D eigenvalue weighted by molar-refractivity contribution is 7.14. The molecule has 1 unspecified atom stereocenters. The Morgan fingerprint density at radius 2 is 2.00 bits per heavy atom. The van der Waals surface area contributed by atoms with E-state index in [0.717, 1.165) is 11.3 Å². The lowest BCUT2D eigenvalue weighted by atomic mass is 10.1. The molecule has 0 saturated heterocycles.